The smallest absolute Gasteiger partial charge is 0.322 e. The van der Waals surface area contributed by atoms with Gasteiger partial charge in [0.2, 0.25) is 10.0 Å². The number of rotatable bonds is 8. The maximum absolute atomic E-state index is 12.6. The fraction of sp³-hybridized carbons (Fsp3) is 0.333. The molecule has 2 aromatic rings. The number of benzene rings is 2. The predicted molar refractivity (Wildman–Crippen MR) is 109 cm³/mol. The van der Waals surface area contributed by atoms with Gasteiger partial charge in [-0.25, -0.2) is 8.42 Å². The Morgan fingerprint density at radius 1 is 1.00 bits per heavy atom. The highest BCUT2D eigenvalue weighted by Gasteiger charge is 2.26. The summed E-state index contributed by atoms with van der Waals surface area (Å²) in [6.07, 6.45) is -1.02. The van der Waals surface area contributed by atoms with Gasteiger partial charge in [-0.2, -0.15) is 4.31 Å². The van der Waals surface area contributed by atoms with E-state index in [2.05, 4.69) is 0 Å². The summed E-state index contributed by atoms with van der Waals surface area (Å²) in [6, 6.07) is 15.8. The van der Waals surface area contributed by atoms with Gasteiger partial charge >= 0.3 is 5.97 Å². The van der Waals surface area contributed by atoms with E-state index in [0.717, 1.165) is 15.4 Å². The minimum atomic E-state index is -3.83. The van der Waals surface area contributed by atoms with Crippen molar-refractivity contribution < 1.29 is 22.7 Å². The van der Waals surface area contributed by atoms with E-state index in [0.29, 0.717) is 6.54 Å². The molecule has 0 saturated carbocycles. The molecular weight excluding hydrogens is 392 g/mol. The van der Waals surface area contributed by atoms with Crippen LogP contribution < -0.4 is 0 Å². The zero-order valence-corrected chi connectivity index (χ0v) is 17.8. The lowest BCUT2D eigenvalue weighted by Crippen LogP contribution is -2.40. The van der Waals surface area contributed by atoms with Crippen LogP contribution in [0.25, 0.3) is 0 Å². The molecular formula is C21H26N2O5S. The first-order valence-corrected chi connectivity index (χ1v) is 10.6. The zero-order valence-electron chi connectivity index (χ0n) is 17.0. The number of amides is 1. The minimum absolute atomic E-state index is 0.0881. The molecule has 0 heterocycles. The van der Waals surface area contributed by atoms with Crippen molar-refractivity contribution in [2.75, 3.05) is 20.6 Å². The SMILES string of the molecule is Cc1ccc(S(=O)(=O)N(C)CC(=O)OC(C)C(=O)N(C)Cc2ccccc2)cc1. The Balaban J connectivity index is 1.93. The normalized spacial score (nSPS) is 12.4. The number of nitrogens with zero attached hydrogens (tertiary/aromatic N) is 2. The highest BCUT2D eigenvalue weighted by molar-refractivity contribution is 7.89. The number of aryl methyl sites for hydroxylation is 1. The van der Waals surface area contributed by atoms with E-state index in [-0.39, 0.29) is 10.8 Å². The molecule has 0 radical (unpaired) electrons. The van der Waals surface area contributed by atoms with Crippen LogP contribution in [0, 0.1) is 6.92 Å². The molecule has 2 rings (SSSR count). The number of carbonyl (C=O) groups excluding carboxylic acids is 2. The fourth-order valence-electron chi connectivity index (χ4n) is 2.69. The van der Waals surface area contributed by atoms with Crippen molar-refractivity contribution >= 4 is 21.9 Å². The molecule has 0 bridgehead atoms. The summed E-state index contributed by atoms with van der Waals surface area (Å²) in [5.74, 6) is -1.16. The fourth-order valence-corrected chi connectivity index (χ4v) is 3.80. The van der Waals surface area contributed by atoms with Crippen LogP contribution in [0.3, 0.4) is 0 Å². The summed E-state index contributed by atoms with van der Waals surface area (Å²) in [5, 5.41) is 0. The molecule has 0 aromatic heterocycles. The topological polar surface area (TPSA) is 84.0 Å². The second-order valence-electron chi connectivity index (χ2n) is 6.89. The minimum Gasteiger partial charge on any atom is -0.452 e. The number of hydrogen-bond acceptors (Lipinski definition) is 5. The molecule has 0 saturated heterocycles. The maximum Gasteiger partial charge on any atom is 0.322 e. The van der Waals surface area contributed by atoms with E-state index in [1.54, 1.807) is 19.2 Å². The Hall–Kier alpha value is -2.71. The summed E-state index contributed by atoms with van der Waals surface area (Å²) in [6.45, 7) is 3.21. The van der Waals surface area contributed by atoms with Crippen molar-refractivity contribution in [2.45, 2.75) is 31.4 Å². The van der Waals surface area contributed by atoms with Crippen molar-refractivity contribution in [1.29, 1.82) is 0 Å². The third kappa shape index (κ3) is 6.13. The monoisotopic (exact) mass is 418 g/mol. The molecule has 7 nitrogen and oxygen atoms in total. The van der Waals surface area contributed by atoms with E-state index in [1.165, 1.54) is 31.0 Å². The van der Waals surface area contributed by atoms with Gasteiger partial charge in [0, 0.05) is 20.6 Å². The molecule has 8 heteroatoms. The predicted octanol–water partition coefficient (Wildman–Crippen LogP) is 2.21. The van der Waals surface area contributed by atoms with E-state index in [1.807, 2.05) is 37.3 Å². The van der Waals surface area contributed by atoms with Crippen molar-refractivity contribution in [3.8, 4) is 0 Å². The third-order valence-electron chi connectivity index (χ3n) is 4.38. The van der Waals surface area contributed by atoms with Crippen LogP contribution in [0.1, 0.15) is 18.1 Å². The third-order valence-corrected chi connectivity index (χ3v) is 6.19. The molecule has 1 amide bonds. The number of sulfonamides is 1. The molecule has 156 valence electrons. The maximum atomic E-state index is 12.6. The Kier molecular flexibility index (Phi) is 7.53. The summed E-state index contributed by atoms with van der Waals surface area (Å²) in [5.41, 5.74) is 1.88. The number of likely N-dealkylation sites (N-methyl/N-ethyl adjacent to an activating group) is 2. The Labute approximate surface area is 171 Å². The van der Waals surface area contributed by atoms with Gasteiger partial charge in [-0.05, 0) is 31.5 Å². The molecule has 0 aliphatic carbocycles. The molecule has 1 atom stereocenters. The standard InChI is InChI=1S/C21H26N2O5S/c1-16-10-12-19(13-11-16)29(26,27)23(4)15-20(24)28-17(2)21(25)22(3)14-18-8-6-5-7-9-18/h5-13,17H,14-15H2,1-4H3. The van der Waals surface area contributed by atoms with Gasteiger partial charge < -0.3 is 9.64 Å². The summed E-state index contributed by atoms with van der Waals surface area (Å²) >= 11 is 0. The van der Waals surface area contributed by atoms with E-state index >= 15 is 0 Å². The van der Waals surface area contributed by atoms with Crippen LogP contribution in [0.15, 0.2) is 59.5 Å². The first kappa shape index (κ1) is 22.6. The first-order chi connectivity index (χ1) is 13.6. The second-order valence-corrected chi connectivity index (χ2v) is 8.93. The van der Waals surface area contributed by atoms with Crippen molar-refractivity contribution in [1.82, 2.24) is 9.21 Å². The van der Waals surface area contributed by atoms with Crippen LogP contribution in [0.2, 0.25) is 0 Å². The molecule has 0 N–H and O–H groups in total. The van der Waals surface area contributed by atoms with E-state index < -0.39 is 28.6 Å². The van der Waals surface area contributed by atoms with Crippen LogP contribution in [0.4, 0.5) is 0 Å². The number of ether oxygens (including phenoxy) is 1. The Bertz CT molecular complexity index is 943. The lowest BCUT2D eigenvalue weighted by molar-refractivity contribution is -0.158. The largest absolute Gasteiger partial charge is 0.452 e. The zero-order chi connectivity index (χ0) is 21.6. The van der Waals surface area contributed by atoms with Crippen molar-refractivity contribution in [2.24, 2.45) is 0 Å². The van der Waals surface area contributed by atoms with Crippen molar-refractivity contribution in [3.05, 3.63) is 65.7 Å². The molecule has 2 aromatic carbocycles. The summed E-state index contributed by atoms with van der Waals surface area (Å²) in [4.78, 5) is 26.2. The quantitative estimate of drug-likeness (QED) is 0.614. The average Bonchev–Trinajstić information content (AvgIpc) is 2.68. The van der Waals surface area contributed by atoms with Gasteiger partial charge in [0.25, 0.3) is 5.91 Å². The van der Waals surface area contributed by atoms with Crippen LogP contribution in [-0.2, 0) is 30.9 Å². The van der Waals surface area contributed by atoms with E-state index in [4.69, 9.17) is 4.74 Å². The molecule has 1 unspecified atom stereocenters. The highest BCUT2D eigenvalue weighted by atomic mass is 32.2. The van der Waals surface area contributed by atoms with Gasteiger partial charge in [0.15, 0.2) is 6.10 Å². The van der Waals surface area contributed by atoms with Gasteiger partial charge in [0.05, 0.1) is 4.90 Å². The summed E-state index contributed by atoms with van der Waals surface area (Å²) in [7, 11) is -0.912. The first-order valence-electron chi connectivity index (χ1n) is 9.12. The van der Waals surface area contributed by atoms with Gasteiger partial charge in [-0.3, -0.25) is 9.59 Å². The lowest BCUT2D eigenvalue weighted by Gasteiger charge is -2.22. The van der Waals surface area contributed by atoms with Gasteiger partial charge in [0.1, 0.15) is 6.54 Å². The van der Waals surface area contributed by atoms with Gasteiger partial charge in [-0.15, -0.1) is 0 Å². The van der Waals surface area contributed by atoms with Crippen molar-refractivity contribution in [3.63, 3.8) is 0 Å². The van der Waals surface area contributed by atoms with Crippen LogP contribution in [-0.4, -0.2) is 56.2 Å². The number of esters is 1. The van der Waals surface area contributed by atoms with Crippen LogP contribution >= 0.6 is 0 Å². The Morgan fingerprint density at radius 3 is 2.17 bits per heavy atom. The lowest BCUT2D eigenvalue weighted by atomic mass is 10.2. The Morgan fingerprint density at radius 2 is 1.59 bits per heavy atom. The average molecular weight is 419 g/mol. The van der Waals surface area contributed by atoms with Crippen LogP contribution in [0.5, 0.6) is 0 Å². The van der Waals surface area contributed by atoms with E-state index in [9.17, 15) is 18.0 Å². The second kappa shape index (κ2) is 9.67. The molecule has 0 spiro atoms. The molecule has 29 heavy (non-hydrogen) atoms. The van der Waals surface area contributed by atoms with Gasteiger partial charge in [-0.1, -0.05) is 48.0 Å². The number of hydrogen-bond donors (Lipinski definition) is 0. The molecule has 0 aliphatic rings. The molecule has 0 aliphatic heterocycles. The number of carbonyl (C=O) groups is 2. The molecule has 0 fully saturated rings. The highest BCUT2D eigenvalue weighted by Crippen LogP contribution is 2.15. The summed E-state index contributed by atoms with van der Waals surface area (Å²) < 4.78 is 31.2.